The molecule has 2 rings (SSSR count). The van der Waals surface area contributed by atoms with Gasteiger partial charge in [0.15, 0.2) is 0 Å². The Morgan fingerprint density at radius 3 is 2.79 bits per heavy atom. The standard InChI is InChI=1S/C15H19N3O/c1-15(2,9-16)10-18-14(19)13-12-6-4-3-5-11(12)7-8-17-13/h3-8H,9-10,16H2,1-2H3,(H,18,19). The largest absolute Gasteiger partial charge is 0.350 e. The number of aromatic nitrogens is 1. The third-order valence-corrected chi connectivity index (χ3v) is 3.17. The van der Waals surface area contributed by atoms with Crippen molar-refractivity contribution >= 4 is 16.7 Å². The van der Waals surface area contributed by atoms with Crippen molar-refractivity contribution in [3.05, 3.63) is 42.2 Å². The predicted octanol–water partition coefficient (Wildman–Crippen LogP) is 1.95. The van der Waals surface area contributed by atoms with E-state index in [1.54, 1.807) is 6.20 Å². The van der Waals surface area contributed by atoms with Crippen molar-refractivity contribution in [3.63, 3.8) is 0 Å². The number of nitrogens with zero attached hydrogens (tertiary/aromatic N) is 1. The first-order chi connectivity index (χ1) is 9.03. The minimum absolute atomic E-state index is 0.111. The highest BCUT2D eigenvalue weighted by molar-refractivity contribution is 6.05. The number of hydrogen-bond donors (Lipinski definition) is 2. The van der Waals surface area contributed by atoms with Crippen molar-refractivity contribution in [1.82, 2.24) is 10.3 Å². The van der Waals surface area contributed by atoms with Crippen LogP contribution >= 0.6 is 0 Å². The van der Waals surface area contributed by atoms with Crippen LogP contribution in [-0.4, -0.2) is 24.0 Å². The van der Waals surface area contributed by atoms with Crippen LogP contribution in [0.15, 0.2) is 36.5 Å². The molecule has 3 N–H and O–H groups in total. The number of benzene rings is 1. The van der Waals surface area contributed by atoms with Gasteiger partial charge in [0.1, 0.15) is 5.69 Å². The fourth-order valence-electron chi connectivity index (χ4n) is 1.78. The zero-order valence-electron chi connectivity index (χ0n) is 11.3. The van der Waals surface area contributed by atoms with Crippen LogP contribution in [0, 0.1) is 5.41 Å². The van der Waals surface area contributed by atoms with Crippen LogP contribution in [0.5, 0.6) is 0 Å². The number of hydrogen-bond acceptors (Lipinski definition) is 3. The molecule has 0 saturated carbocycles. The topological polar surface area (TPSA) is 68.0 Å². The van der Waals surface area contributed by atoms with Crippen LogP contribution in [0.3, 0.4) is 0 Å². The van der Waals surface area contributed by atoms with E-state index in [1.807, 2.05) is 44.2 Å². The van der Waals surface area contributed by atoms with Gasteiger partial charge in [-0.1, -0.05) is 38.1 Å². The summed E-state index contributed by atoms with van der Waals surface area (Å²) in [5.74, 6) is -0.154. The average molecular weight is 257 g/mol. The lowest BCUT2D eigenvalue weighted by molar-refractivity contribution is 0.0935. The van der Waals surface area contributed by atoms with Crippen molar-refractivity contribution in [1.29, 1.82) is 0 Å². The van der Waals surface area contributed by atoms with E-state index in [1.165, 1.54) is 0 Å². The molecule has 1 heterocycles. The fourth-order valence-corrected chi connectivity index (χ4v) is 1.78. The third-order valence-electron chi connectivity index (χ3n) is 3.17. The monoisotopic (exact) mass is 257 g/mol. The summed E-state index contributed by atoms with van der Waals surface area (Å²) in [5, 5.41) is 4.78. The Hall–Kier alpha value is -1.94. The van der Waals surface area contributed by atoms with E-state index in [4.69, 9.17) is 5.73 Å². The van der Waals surface area contributed by atoms with Gasteiger partial charge in [0, 0.05) is 18.1 Å². The number of amides is 1. The number of carbonyl (C=O) groups excluding carboxylic acids is 1. The van der Waals surface area contributed by atoms with Gasteiger partial charge in [-0.05, 0) is 23.4 Å². The van der Waals surface area contributed by atoms with Gasteiger partial charge < -0.3 is 11.1 Å². The summed E-state index contributed by atoms with van der Waals surface area (Å²) in [5.41, 5.74) is 6.01. The predicted molar refractivity (Wildman–Crippen MR) is 76.9 cm³/mol. The van der Waals surface area contributed by atoms with Crippen LogP contribution in [0.4, 0.5) is 0 Å². The first-order valence-corrected chi connectivity index (χ1v) is 6.35. The van der Waals surface area contributed by atoms with Crippen LogP contribution in [-0.2, 0) is 0 Å². The molecule has 0 saturated heterocycles. The first kappa shape index (κ1) is 13.5. The van der Waals surface area contributed by atoms with Crippen molar-refractivity contribution in [3.8, 4) is 0 Å². The lowest BCUT2D eigenvalue weighted by Crippen LogP contribution is -2.38. The second-order valence-electron chi connectivity index (χ2n) is 5.43. The Bertz CT molecular complexity index is 587. The minimum atomic E-state index is -0.154. The Balaban J connectivity index is 2.23. The van der Waals surface area contributed by atoms with Crippen molar-refractivity contribution in [2.45, 2.75) is 13.8 Å². The zero-order chi connectivity index (χ0) is 13.9. The average Bonchev–Trinajstić information content (AvgIpc) is 2.44. The number of rotatable bonds is 4. The fraction of sp³-hybridized carbons (Fsp3) is 0.333. The van der Waals surface area contributed by atoms with Gasteiger partial charge in [-0.3, -0.25) is 9.78 Å². The van der Waals surface area contributed by atoms with Crippen molar-refractivity contribution in [2.75, 3.05) is 13.1 Å². The highest BCUT2D eigenvalue weighted by Gasteiger charge is 2.18. The van der Waals surface area contributed by atoms with Gasteiger partial charge in [-0.2, -0.15) is 0 Å². The Morgan fingerprint density at radius 1 is 1.32 bits per heavy atom. The SMILES string of the molecule is CC(C)(CN)CNC(=O)c1nccc2ccccc12. The Kier molecular flexibility index (Phi) is 3.81. The summed E-state index contributed by atoms with van der Waals surface area (Å²) in [7, 11) is 0. The van der Waals surface area contributed by atoms with Gasteiger partial charge in [0.25, 0.3) is 5.91 Å². The van der Waals surface area contributed by atoms with Crippen LogP contribution < -0.4 is 11.1 Å². The van der Waals surface area contributed by atoms with Gasteiger partial charge in [0.05, 0.1) is 0 Å². The minimum Gasteiger partial charge on any atom is -0.350 e. The molecule has 0 atom stereocenters. The molecular formula is C15H19N3O. The van der Waals surface area contributed by atoms with Crippen molar-refractivity contribution < 1.29 is 4.79 Å². The van der Waals surface area contributed by atoms with Gasteiger partial charge in [0.2, 0.25) is 0 Å². The van der Waals surface area contributed by atoms with Crippen molar-refractivity contribution in [2.24, 2.45) is 11.1 Å². The molecule has 0 bridgehead atoms. The quantitative estimate of drug-likeness (QED) is 0.879. The summed E-state index contributed by atoms with van der Waals surface area (Å²) >= 11 is 0. The maximum absolute atomic E-state index is 12.2. The third kappa shape index (κ3) is 3.09. The lowest BCUT2D eigenvalue weighted by atomic mass is 9.94. The molecule has 0 aliphatic rings. The van der Waals surface area contributed by atoms with E-state index in [9.17, 15) is 4.79 Å². The zero-order valence-corrected chi connectivity index (χ0v) is 11.3. The highest BCUT2D eigenvalue weighted by Crippen LogP contribution is 2.17. The molecular weight excluding hydrogens is 238 g/mol. The molecule has 1 amide bonds. The summed E-state index contributed by atoms with van der Waals surface area (Å²) in [6.45, 7) is 5.09. The maximum atomic E-state index is 12.2. The molecule has 0 fully saturated rings. The molecule has 1 aromatic carbocycles. The summed E-state index contributed by atoms with van der Waals surface area (Å²) < 4.78 is 0. The second-order valence-corrected chi connectivity index (χ2v) is 5.43. The summed E-state index contributed by atoms with van der Waals surface area (Å²) in [4.78, 5) is 16.4. The van der Waals surface area contributed by atoms with Crippen LogP contribution in [0.1, 0.15) is 24.3 Å². The van der Waals surface area contributed by atoms with Gasteiger partial charge in [-0.15, -0.1) is 0 Å². The van der Waals surface area contributed by atoms with Crippen LogP contribution in [0.2, 0.25) is 0 Å². The first-order valence-electron chi connectivity index (χ1n) is 6.35. The molecule has 0 aliphatic heterocycles. The summed E-state index contributed by atoms with van der Waals surface area (Å²) in [6, 6.07) is 9.63. The van der Waals surface area contributed by atoms with E-state index < -0.39 is 0 Å². The lowest BCUT2D eigenvalue weighted by Gasteiger charge is -2.22. The molecule has 0 unspecified atom stereocenters. The van der Waals surface area contributed by atoms with E-state index in [2.05, 4.69) is 10.3 Å². The van der Waals surface area contributed by atoms with Gasteiger partial charge in [-0.25, -0.2) is 0 Å². The molecule has 0 radical (unpaired) electrons. The molecule has 2 aromatic rings. The number of pyridine rings is 1. The second kappa shape index (κ2) is 5.36. The normalized spacial score (nSPS) is 11.5. The molecule has 100 valence electrons. The number of nitrogens with one attached hydrogen (secondary N) is 1. The molecule has 0 spiro atoms. The number of carbonyl (C=O) groups is 1. The molecule has 1 aromatic heterocycles. The van der Waals surface area contributed by atoms with E-state index in [0.29, 0.717) is 18.8 Å². The Labute approximate surface area is 113 Å². The number of fused-ring (bicyclic) bond motifs is 1. The molecule has 4 nitrogen and oxygen atoms in total. The maximum Gasteiger partial charge on any atom is 0.270 e. The summed E-state index contributed by atoms with van der Waals surface area (Å²) in [6.07, 6.45) is 1.66. The van der Waals surface area contributed by atoms with Crippen LogP contribution in [0.25, 0.3) is 10.8 Å². The van der Waals surface area contributed by atoms with E-state index in [0.717, 1.165) is 10.8 Å². The highest BCUT2D eigenvalue weighted by atomic mass is 16.1. The van der Waals surface area contributed by atoms with E-state index >= 15 is 0 Å². The van der Waals surface area contributed by atoms with E-state index in [-0.39, 0.29) is 11.3 Å². The molecule has 19 heavy (non-hydrogen) atoms. The Morgan fingerprint density at radius 2 is 2.05 bits per heavy atom. The molecule has 4 heteroatoms. The smallest absolute Gasteiger partial charge is 0.270 e. The molecule has 0 aliphatic carbocycles. The number of nitrogens with two attached hydrogens (primary N) is 1. The van der Waals surface area contributed by atoms with Gasteiger partial charge >= 0.3 is 0 Å².